The number of carbonyl (C=O) groups excluding carboxylic acids is 2. The van der Waals surface area contributed by atoms with Gasteiger partial charge in [0.05, 0.1) is 23.5 Å². The maximum Gasteiger partial charge on any atom is 0.421 e. The largest absolute Gasteiger partial charge is 0.421 e. The van der Waals surface area contributed by atoms with Crippen molar-refractivity contribution in [2.24, 2.45) is 0 Å². The molecule has 0 atom stereocenters. The Kier molecular flexibility index (Phi) is 7.47. The van der Waals surface area contributed by atoms with Crippen molar-refractivity contribution < 1.29 is 32.0 Å². The summed E-state index contributed by atoms with van der Waals surface area (Å²) in [4.78, 5) is 33.7. The van der Waals surface area contributed by atoms with E-state index in [1.807, 2.05) is 16.2 Å². The van der Waals surface area contributed by atoms with Gasteiger partial charge in [-0.15, -0.1) is 0 Å². The highest BCUT2D eigenvalue weighted by Gasteiger charge is 2.35. The monoisotopic (exact) mass is 597 g/mol. The van der Waals surface area contributed by atoms with E-state index in [2.05, 4.69) is 25.7 Å². The van der Waals surface area contributed by atoms with Gasteiger partial charge in [-0.2, -0.15) is 23.3 Å². The highest BCUT2D eigenvalue weighted by molar-refractivity contribution is 6.00. The number of halogens is 3. The first kappa shape index (κ1) is 25.7. The van der Waals surface area contributed by atoms with Crippen LogP contribution in [-0.4, -0.2) is 68.2 Å². The highest BCUT2D eigenvalue weighted by atomic mass is 19.4. The second kappa shape index (κ2) is 12.5. The van der Waals surface area contributed by atoms with Gasteiger partial charge in [-0.1, -0.05) is 24.3 Å². The summed E-state index contributed by atoms with van der Waals surface area (Å²) in [6.45, 7) is -2.23. The number of alkyl halides is 3. The molecule has 0 spiro atoms. The number of amides is 2. The van der Waals surface area contributed by atoms with Crippen LogP contribution in [0, 0.1) is 0 Å². The third kappa shape index (κ3) is 6.75. The van der Waals surface area contributed by atoms with Gasteiger partial charge in [-0.25, -0.2) is 4.98 Å². The van der Waals surface area contributed by atoms with Crippen LogP contribution in [-0.2, 0) is 11.0 Å². The number of hydrogen-bond donors (Lipinski definition) is 4. The summed E-state index contributed by atoms with van der Waals surface area (Å²) >= 11 is 0. The number of aliphatic hydroxyl groups is 1. The maximum atomic E-state index is 13.9. The first-order chi connectivity index (χ1) is 21.8. The summed E-state index contributed by atoms with van der Waals surface area (Å²) in [6, 6.07) is 12.6. The van der Waals surface area contributed by atoms with Gasteiger partial charge >= 0.3 is 6.18 Å². The summed E-state index contributed by atoms with van der Waals surface area (Å²) in [5, 5.41) is 20.8. The van der Waals surface area contributed by atoms with Gasteiger partial charge in [-0.3, -0.25) is 14.3 Å². The van der Waals surface area contributed by atoms with E-state index in [0.717, 1.165) is 11.1 Å². The zero-order valence-electron chi connectivity index (χ0n) is 25.6. The standard InChI is InChI=1S/C29H29F3N8O3/c1-33-27(43)22-4-2-3-5-24(22)37-26-23(29(30,31)32)15-34-28(38-26)36-20-8-6-18(7-9-20)19-14-35-40(16-19)21-10-12-39(13-11-21)25(42)17-41/h2-9,14-16,21,41H,10-13,17H2,1H3,(H,33,43)(H2,34,36,37,38)/i1D3. The molecule has 2 amide bonds. The Balaban J connectivity index is 1.31. The van der Waals surface area contributed by atoms with E-state index in [9.17, 15) is 22.8 Å². The summed E-state index contributed by atoms with van der Waals surface area (Å²) < 4.78 is 65.2. The Morgan fingerprint density at radius 2 is 1.79 bits per heavy atom. The average molecular weight is 598 g/mol. The fourth-order valence-electron chi connectivity index (χ4n) is 4.77. The molecular formula is C29H29F3N8O3. The number of nitrogens with zero attached hydrogens (tertiary/aromatic N) is 5. The van der Waals surface area contributed by atoms with Crippen LogP contribution in [0.3, 0.4) is 0 Å². The first-order valence-corrected chi connectivity index (χ1v) is 13.2. The van der Waals surface area contributed by atoms with E-state index < -0.39 is 37.0 Å². The van der Waals surface area contributed by atoms with Crippen LogP contribution in [0.25, 0.3) is 11.1 Å². The van der Waals surface area contributed by atoms with Crippen molar-refractivity contribution in [3.63, 3.8) is 0 Å². The zero-order chi connectivity index (χ0) is 33.1. The van der Waals surface area contributed by atoms with E-state index >= 15 is 0 Å². The zero-order valence-corrected chi connectivity index (χ0v) is 22.6. The molecule has 0 unspecified atom stereocenters. The number of nitrogens with one attached hydrogen (secondary N) is 3. The molecule has 1 aliphatic rings. The lowest BCUT2D eigenvalue weighted by Gasteiger charge is -2.31. The summed E-state index contributed by atoms with van der Waals surface area (Å²) in [7, 11) is 0. The number of anilines is 4. The predicted molar refractivity (Wildman–Crippen MR) is 153 cm³/mol. The van der Waals surface area contributed by atoms with Crippen LogP contribution in [0.4, 0.5) is 36.3 Å². The Morgan fingerprint density at radius 3 is 2.49 bits per heavy atom. The summed E-state index contributed by atoms with van der Waals surface area (Å²) in [5.74, 6) is -2.10. The van der Waals surface area contributed by atoms with Crippen LogP contribution in [0.2, 0.25) is 0 Å². The number of carbonyl (C=O) groups is 2. The molecule has 2 aromatic heterocycles. The number of likely N-dealkylation sites (tertiary alicyclic amines) is 1. The lowest BCUT2D eigenvalue weighted by atomic mass is 10.0. The van der Waals surface area contributed by atoms with E-state index in [1.54, 1.807) is 35.4 Å². The Bertz CT molecular complexity index is 1710. The van der Waals surface area contributed by atoms with E-state index in [1.165, 1.54) is 24.3 Å². The molecule has 5 rings (SSSR count). The number of piperidine rings is 1. The van der Waals surface area contributed by atoms with Gasteiger partial charge in [0.25, 0.3) is 5.91 Å². The van der Waals surface area contributed by atoms with Crippen molar-refractivity contribution in [2.45, 2.75) is 25.1 Å². The van der Waals surface area contributed by atoms with Crippen molar-refractivity contribution in [3.8, 4) is 11.1 Å². The lowest BCUT2D eigenvalue weighted by Crippen LogP contribution is -2.40. The van der Waals surface area contributed by atoms with Crippen LogP contribution >= 0.6 is 0 Å². The summed E-state index contributed by atoms with van der Waals surface area (Å²) in [6.07, 6.45) is 0.818. The van der Waals surface area contributed by atoms with E-state index in [0.29, 0.717) is 37.8 Å². The molecule has 11 nitrogen and oxygen atoms in total. The Labute approximate surface area is 249 Å². The number of aliphatic hydroxyl groups excluding tert-OH is 1. The van der Waals surface area contributed by atoms with Gasteiger partial charge in [0.15, 0.2) is 0 Å². The second-order valence-electron chi connectivity index (χ2n) is 9.76. The molecule has 224 valence electrons. The molecule has 43 heavy (non-hydrogen) atoms. The van der Waals surface area contributed by atoms with Gasteiger partial charge in [0.1, 0.15) is 18.0 Å². The van der Waals surface area contributed by atoms with Crippen LogP contribution in [0.15, 0.2) is 67.1 Å². The van der Waals surface area contributed by atoms with Crippen molar-refractivity contribution in [1.82, 2.24) is 30.0 Å². The SMILES string of the molecule is [2H]C([2H])([2H])NC(=O)c1ccccc1Nc1nc(Nc2ccc(-c3cnn(C4CCN(C(=O)CO)CC4)c3)cc2)ncc1C(F)(F)F. The molecule has 0 radical (unpaired) electrons. The molecule has 1 saturated heterocycles. The molecule has 0 saturated carbocycles. The molecular weight excluding hydrogens is 565 g/mol. The van der Waals surface area contributed by atoms with Crippen LogP contribution in [0.1, 0.15) is 38.9 Å². The topological polar surface area (TPSA) is 137 Å². The third-order valence-corrected chi connectivity index (χ3v) is 7.03. The van der Waals surface area contributed by atoms with Gasteiger partial charge < -0.3 is 26.0 Å². The molecule has 1 fully saturated rings. The number of aromatic nitrogens is 4. The van der Waals surface area contributed by atoms with Crippen molar-refractivity contribution >= 4 is 35.0 Å². The lowest BCUT2D eigenvalue weighted by molar-refractivity contribution is -0.137. The number of para-hydroxylation sites is 1. The Morgan fingerprint density at radius 1 is 1.05 bits per heavy atom. The van der Waals surface area contributed by atoms with Crippen LogP contribution in [0.5, 0.6) is 0 Å². The van der Waals surface area contributed by atoms with Crippen LogP contribution < -0.4 is 16.0 Å². The number of rotatable bonds is 8. The number of benzene rings is 2. The second-order valence-corrected chi connectivity index (χ2v) is 9.76. The van der Waals surface area contributed by atoms with Crippen molar-refractivity contribution in [1.29, 1.82) is 0 Å². The predicted octanol–water partition coefficient (Wildman–Crippen LogP) is 4.36. The van der Waals surface area contributed by atoms with E-state index in [4.69, 9.17) is 9.22 Å². The third-order valence-electron chi connectivity index (χ3n) is 7.03. The molecule has 1 aliphatic heterocycles. The molecule has 2 aromatic carbocycles. The molecule has 0 bridgehead atoms. The van der Waals surface area contributed by atoms with Gasteiger partial charge in [-0.05, 0) is 42.7 Å². The van der Waals surface area contributed by atoms with E-state index in [-0.39, 0.29) is 29.1 Å². The minimum absolute atomic E-state index is 0.0894. The fraction of sp³-hybridized carbons (Fsp3) is 0.276. The first-order valence-electron chi connectivity index (χ1n) is 14.7. The molecule has 3 heterocycles. The molecule has 4 N–H and O–H groups in total. The van der Waals surface area contributed by atoms with Crippen molar-refractivity contribution in [2.75, 3.05) is 37.3 Å². The highest BCUT2D eigenvalue weighted by Crippen LogP contribution is 2.36. The molecule has 0 aliphatic carbocycles. The Hall–Kier alpha value is -4.98. The smallest absolute Gasteiger partial charge is 0.387 e. The maximum absolute atomic E-state index is 13.9. The van der Waals surface area contributed by atoms with Gasteiger partial charge in [0.2, 0.25) is 11.9 Å². The quantitative estimate of drug-likeness (QED) is 0.235. The normalized spacial score (nSPS) is 15.3. The fourth-order valence-corrected chi connectivity index (χ4v) is 4.77. The molecule has 4 aromatic rings. The average Bonchev–Trinajstić information content (AvgIpc) is 3.50. The minimum Gasteiger partial charge on any atom is -0.387 e. The van der Waals surface area contributed by atoms with Crippen molar-refractivity contribution in [3.05, 3.63) is 78.2 Å². The molecule has 14 heteroatoms. The summed E-state index contributed by atoms with van der Waals surface area (Å²) in [5.41, 5.74) is 0.697. The number of hydrogen-bond acceptors (Lipinski definition) is 8. The minimum atomic E-state index is -4.84. The van der Waals surface area contributed by atoms with Gasteiger partial charge in [0, 0.05) is 47.8 Å².